The van der Waals surface area contributed by atoms with Gasteiger partial charge in [0.05, 0.1) is 23.6 Å². The van der Waals surface area contributed by atoms with Gasteiger partial charge in [0.25, 0.3) is 5.91 Å². The predicted molar refractivity (Wildman–Crippen MR) is 107 cm³/mol. The number of benzene rings is 1. The highest BCUT2D eigenvalue weighted by Gasteiger charge is 2.39. The van der Waals surface area contributed by atoms with Gasteiger partial charge in [-0.1, -0.05) is 19.3 Å². The molecule has 1 amide bonds. The number of carbonyl (C=O) groups is 2. The van der Waals surface area contributed by atoms with Gasteiger partial charge >= 0.3 is 5.97 Å². The van der Waals surface area contributed by atoms with Crippen LogP contribution in [0.25, 0.3) is 0 Å². The molecule has 0 saturated heterocycles. The highest BCUT2D eigenvalue weighted by atomic mass is 32.2. The summed E-state index contributed by atoms with van der Waals surface area (Å²) in [5.41, 5.74) is 0.749. The highest BCUT2D eigenvalue weighted by molar-refractivity contribution is 7.92. The zero-order valence-electron chi connectivity index (χ0n) is 16.7. The minimum absolute atomic E-state index is 0.266. The van der Waals surface area contributed by atoms with Gasteiger partial charge in [-0.2, -0.15) is 5.26 Å². The van der Waals surface area contributed by atoms with Crippen molar-refractivity contribution in [3.8, 4) is 6.07 Å². The lowest BCUT2D eigenvalue weighted by molar-refractivity contribution is -0.138. The second kappa shape index (κ2) is 8.03. The lowest BCUT2D eigenvalue weighted by Crippen LogP contribution is -2.51. The van der Waals surface area contributed by atoms with Crippen LogP contribution in [0.1, 0.15) is 48.0 Å². The number of anilines is 1. The van der Waals surface area contributed by atoms with E-state index in [1.54, 1.807) is 19.2 Å². The molecular formula is C20H25N3O5S. The second-order valence-corrected chi connectivity index (χ2v) is 9.57. The first kappa shape index (κ1) is 21.1. The summed E-state index contributed by atoms with van der Waals surface area (Å²) in [7, 11) is -1.78. The monoisotopic (exact) mass is 419 g/mol. The molecule has 3 rings (SSSR count). The van der Waals surface area contributed by atoms with Crippen molar-refractivity contribution in [3.05, 3.63) is 29.3 Å². The molecular weight excluding hydrogens is 394 g/mol. The lowest BCUT2D eigenvalue weighted by atomic mass is 9.81. The molecule has 1 fully saturated rings. The van der Waals surface area contributed by atoms with Crippen molar-refractivity contribution in [1.82, 2.24) is 4.90 Å². The molecule has 29 heavy (non-hydrogen) atoms. The van der Waals surface area contributed by atoms with Crippen molar-refractivity contribution in [3.63, 3.8) is 0 Å². The summed E-state index contributed by atoms with van der Waals surface area (Å²) in [4.78, 5) is 26.3. The van der Waals surface area contributed by atoms with Crippen LogP contribution in [0, 0.1) is 11.3 Å². The zero-order chi connectivity index (χ0) is 21.2. The number of nitriles is 1. The molecule has 1 heterocycles. The number of esters is 1. The van der Waals surface area contributed by atoms with E-state index in [0.717, 1.165) is 31.1 Å². The molecule has 0 N–H and O–H groups in total. The van der Waals surface area contributed by atoms with Gasteiger partial charge in [-0.15, -0.1) is 0 Å². The van der Waals surface area contributed by atoms with Crippen LogP contribution in [0.15, 0.2) is 18.2 Å². The normalized spacial score (nSPS) is 17.9. The molecule has 2 aliphatic rings. The predicted octanol–water partition coefficient (Wildman–Crippen LogP) is 1.85. The number of hydrogen-bond donors (Lipinski definition) is 0. The number of fused-ring (bicyclic) bond motifs is 1. The van der Waals surface area contributed by atoms with Crippen molar-refractivity contribution in [2.45, 2.75) is 44.1 Å². The SMILES string of the molecule is CN(C(=O)COC(=O)c1ccc2c(c1)CCN2S(C)(=O)=O)C1(C#N)CCCCC1. The third-order valence-corrected chi connectivity index (χ3v) is 6.98. The number of rotatable bonds is 5. The van der Waals surface area contributed by atoms with Crippen LogP contribution in [-0.4, -0.2) is 57.2 Å². The summed E-state index contributed by atoms with van der Waals surface area (Å²) in [6.45, 7) is -0.0997. The van der Waals surface area contributed by atoms with Gasteiger partial charge in [0, 0.05) is 13.6 Å². The second-order valence-electron chi connectivity index (χ2n) is 7.66. The van der Waals surface area contributed by atoms with Crippen LogP contribution >= 0.6 is 0 Å². The third-order valence-electron chi connectivity index (χ3n) is 5.80. The molecule has 0 bridgehead atoms. The molecule has 0 unspecified atom stereocenters. The van der Waals surface area contributed by atoms with Gasteiger partial charge in [-0.05, 0) is 43.0 Å². The van der Waals surface area contributed by atoms with Crippen LogP contribution in [0.2, 0.25) is 0 Å². The fourth-order valence-corrected chi connectivity index (χ4v) is 5.01. The van der Waals surface area contributed by atoms with E-state index in [4.69, 9.17) is 4.74 Å². The summed E-state index contributed by atoms with van der Waals surface area (Å²) < 4.78 is 30.1. The Labute approximate surface area is 171 Å². The molecule has 0 atom stereocenters. The van der Waals surface area contributed by atoms with Crippen LogP contribution in [0.3, 0.4) is 0 Å². The molecule has 156 valence electrons. The minimum atomic E-state index is -3.36. The average molecular weight is 420 g/mol. The summed E-state index contributed by atoms with van der Waals surface area (Å²) in [5, 5.41) is 9.59. The number of nitrogens with zero attached hydrogens (tertiary/aromatic N) is 3. The Hall–Kier alpha value is -2.60. The summed E-state index contributed by atoms with van der Waals surface area (Å²) >= 11 is 0. The van der Waals surface area contributed by atoms with Crippen LogP contribution in [0.4, 0.5) is 5.69 Å². The Morgan fingerprint density at radius 1 is 1.28 bits per heavy atom. The minimum Gasteiger partial charge on any atom is -0.452 e. The van der Waals surface area contributed by atoms with Crippen LogP contribution in [-0.2, 0) is 26.0 Å². The molecule has 1 aromatic rings. The molecule has 9 heteroatoms. The van der Waals surface area contributed by atoms with E-state index >= 15 is 0 Å². The van der Waals surface area contributed by atoms with Crippen molar-refractivity contribution in [2.24, 2.45) is 0 Å². The molecule has 1 aliphatic carbocycles. The third kappa shape index (κ3) is 4.22. The molecule has 1 saturated carbocycles. The van der Waals surface area contributed by atoms with Gasteiger partial charge in [-0.3, -0.25) is 9.10 Å². The number of amides is 1. The Morgan fingerprint density at radius 2 is 1.97 bits per heavy atom. The summed E-state index contributed by atoms with van der Waals surface area (Å²) in [5.74, 6) is -1.06. The zero-order valence-corrected chi connectivity index (χ0v) is 17.5. The van der Waals surface area contributed by atoms with E-state index < -0.39 is 34.0 Å². The largest absolute Gasteiger partial charge is 0.452 e. The van der Waals surface area contributed by atoms with Crippen molar-refractivity contribution in [1.29, 1.82) is 5.26 Å². The van der Waals surface area contributed by atoms with Gasteiger partial charge in [0.15, 0.2) is 6.61 Å². The Balaban J connectivity index is 1.64. The van der Waals surface area contributed by atoms with Gasteiger partial charge in [0.2, 0.25) is 10.0 Å². The number of ether oxygens (including phenoxy) is 1. The van der Waals surface area contributed by atoms with Crippen LogP contribution in [0.5, 0.6) is 0 Å². The van der Waals surface area contributed by atoms with Crippen LogP contribution < -0.4 is 4.31 Å². The van der Waals surface area contributed by atoms with Crippen molar-refractivity contribution < 1.29 is 22.7 Å². The number of sulfonamides is 1. The molecule has 0 spiro atoms. The quantitative estimate of drug-likeness (QED) is 0.674. The smallest absolute Gasteiger partial charge is 0.338 e. The summed E-state index contributed by atoms with van der Waals surface area (Å²) in [6.07, 6.45) is 5.75. The first-order chi connectivity index (χ1) is 13.7. The molecule has 0 radical (unpaired) electrons. The maximum atomic E-state index is 12.5. The topological polar surface area (TPSA) is 108 Å². The van der Waals surface area contributed by atoms with E-state index in [1.165, 1.54) is 15.3 Å². The Bertz CT molecular complexity index is 961. The number of hydrogen-bond acceptors (Lipinski definition) is 6. The maximum Gasteiger partial charge on any atom is 0.338 e. The highest BCUT2D eigenvalue weighted by Crippen LogP contribution is 2.33. The molecule has 8 nitrogen and oxygen atoms in total. The number of carbonyl (C=O) groups excluding carboxylic acids is 2. The lowest BCUT2D eigenvalue weighted by Gasteiger charge is -2.38. The molecule has 1 aliphatic heterocycles. The van der Waals surface area contributed by atoms with Gasteiger partial charge in [-0.25, -0.2) is 13.2 Å². The fourth-order valence-electron chi connectivity index (χ4n) is 4.05. The Morgan fingerprint density at radius 3 is 2.59 bits per heavy atom. The van der Waals surface area contributed by atoms with Gasteiger partial charge in [0.1, 0.15) is 5.54 Å². The van der Waals surface area contributed by atoms with E-state index in [-0.39, 0.29) is 5.56 Å². The molecule has 1 aromatic carbocycles. The summed E-state index contributed by atoms with van der Waals surface area (Å²) in [6, 6.07) is 6.96. The first-order valence-electron chi connectivity index (χ1n) is 9.64. The van der Waals surface area contributed by atoms with E-state index in [0.29, 0.717) is 31.5 Å². The molecule has 0 aromatic heterocycles. The van der Waals surface area contributed by atoms with E-state index in [1.807, 2.05) is 0 Å². The Kier molecular flexibility index (Phi) is 5.85. The fraction of sp³-hybridized carbons (Fsp3) is 0.550. The first-order valence-corrected chi connectivity index (χ1v) is 11.5. The van der Waals surface area contributed by atoms with Gasteiger partial charge < -0.3 is 9.64 Å². The van der Waals surface area contributed by atoms with Crippen molar-refractivity contribution in [2.75, 3.05) is 30.8 Å². The average Bonchev–Trinajstić information content (AvgIpc) is 3.15. The van der Waals surface area contributed by atoms with E-state index in [2.05, 4.69) is 6.07 Å². The van der Waals surface area contributed by atoms with Crippen molar-refractivity contribution >= 4 is 27.6 Å². The van der Waals surface area contributed by atoms with E-state index in [9.17, 15) is 23.3 Å². The number of likely N-dealkylation sites (N-methyl/N-ethyl adjacent to an activating group) is 1. The standard InChI is InChI=1S/C20H25N3O5S/c1-22(20(14-21)9-4-3-5-10-20)18(24)13-28-19(25)16-6-7-17-15(12-16)8-11-23(17)29(2,26)27/h6-7,12H,3-5,8-11,13H2,1-2H3. The maximum absolute atomic E-state index is 12.5.